The average Bonchev–Trinajstić information content (AvgIpc) is 2.20. The van der Waals surface area contributed by atoms with Crippen molar-refractivity contribution in [3.8, 4) is 0 Å². The van der Waals surface area contributed by atoms with Crippen molar-refractivity contribution in [3.05, 3.63) is 12.7 Å². The molecule has 2 nitrogen and oxygen atoms in total. The zero-order valence-electron chi connectivity index (χ0n) is 7.21. The van der Waals surface area contributed by atoms with E-state index in [1.165, 1.54) is 0 Å². The minimum atomic E-state index is 0.0638. The fourth-order valence-electron chi connectivity index (χ4n) is 1.54. The van der Waals surface area contributed by atoms with E-state index >= 15 is 0 Å². The summed E-state index contributed by atoms with van der Waals surface area (Å²) in [4.78, 5) is 22.4. The van der Waals surface area contributed by atoms with Gasteiger partial charge in [-0.15, -0.1) is 6.58 Å². The zero-order chi connectivity index (χ0) is 8.97. The summed E-state index contributed by atoms with van der Waals surface area (Å²) in [6.45, 7) is 3.60. The van der Waals surface area contributed by atoms with Gasteiger partial charge < -0.3 is 0 Å². The Balaban J connectivity index is 2.55. The fraction of sp³-hybridized carbons (Fsp3) is 0.600. The number of rotatable bonds is 2. The number of carbonyl (C=O) groups excluding carboxylic acids is 2. The second-order valence-electron chi connectivity index (χ2n) is 3.26. The topological polar surface area (TPSA) is 34.1 Å². The number of hydrogen-bond donors (Lipinski definition) is 0. The van der Waals surface area contributed by atoms with E-state index < -0.39 is 0 Å². The molecule has 0 aromatic carbocycles. The van der Waals surface area contributed by atoms with Crippen molar-refractivity contribution in [2.45, 2.75) is 32.1 Å². The predicted molar refractivity (Wildman–Crippen MR) is 46.8 cm³/mol. The van der Waals surface area contributed by atoms with Crippen molar-refractivity contribution in [3.63, 3.8) is 0 Å². The van der Waals surface area contributed by atoms with Crippen molar-refractivity contribution in [2.75, 3.05) is 0 Å². The lowest BCUT2D eigenvalue weighted by Crippen LogP contribution is -2.10. The van der Waals surface area contributed by atoms with Crippen molar-refractivity contribution in [1.29, 1.82) is 0 Å². The van der Waals surface area contributed by atoms with Crippen LogP contribution in [0.4, 0.5) is 0 Å². The number of ketones is 2. The molecule has 0 aromatic heterocycles. The Kier molecular flexibility index (Phi) is 3.20. The van der Waals surface area contributed by atoms with Crippen LogP contribution < -0.4 is 0 Å². The maximum Gasteiger partial charge on any atom is 0.136 e. The maximum atomic E-state index is 11.3. The highest BCUT2D eigenvalue weighted by molar-refractivity contribution is 5.89. The molecule has 1 saturated carbocycles. The first-order valence-electron chi connectivity index (χ1n) is 4.39. The van der Waals surface area contributed by atoms with Crippen LogP contribution in [0.15, 0.2) is 12.7 Å². The minimum absolute atomic E-state index is 0.0638. The highest BCUT2D eigenvalue weighted by Gasteiger charge is 2.22. The highest BCUT2D eigenvalue weighted by Crippen LogP contribution is 2.20. The summed E-state index contributed by atoms with van der Waals surface area (Å²) in [5, 5.41) is 0. The van der Waals surface area contributed by atoms with Crippen LogP contribution in [0.1, 0.15) is 32.1 Å². The van der Waals surface area contributed by atoms with Gasteiger partial charge in [-0.05, 0) is 12.8 Å². The molecule has 1 rings (SSSR count). The third kappa shape index (κ3) is 2.29. The summed E-state index contributed by atoms with van der Waals surface area (Å²) in [7, 11) is 0. The summed E-state index contributed by atoms with van der Waals surface area (Å²) in [5.41, 5.74) is 0. The van der Waals surface area contributed by atoms with Gasteiger partial charge in [-0.3, -0.25) is 9.59 Å². The summed E-state index contributed by atoms with van der Waals surface area (Å²) in [6.07, 6.45) is 4.68. The molecule has 1 aliphatic carbocycles. The van der Waals surface area contributed by atoms with Crippen LogP contribution in [0.25, 0.3) is 0 Å². The molecule has 0 spiro atoms. The van der Waals surface area contributed by atoms with Crippen LogP contribution in [-0.2, 0) is 9.59 Å². The molecule has 12 heavy (non-hydrogen) atoms. The molecule has 0 bridgehead atoms. The Hall–Kier alpha value is -0.920. The Labute approximate surface area is 72.7 Å². The lowest BCUT2D eigenvalue weighted by molar-refractivity contribution is -0.124. The minimum Gasteiger partial charge on any atom is -0.300 e. The first-order chi connectivity index (χ1) is 5.74. The van der Waals surface area contributed by atoms with Crippen molar-refractivity contribution in [1.82, 2.24) is 0 Å². The fourth-order valence-corrected chi connectivity index (χ4v) is 1.54. The second-order valence-corrected chi connectivity index (χ2v) is 3.26. The summed E-state index contributed by atoms with van der Waals surface area (Å²) in [6, 6.07) is 0. The third-order valence-corrected chi connectivity index (χ3v) is 2.33. The van der Waals surface area contributed by atoms with E-state index in [0.29, 0.717) is 19.3 Å². The Bertz CT molecular complexity index is 206. The van der Waals surface area contributed by atoms with Gasteiger partial charge in [0, 0.05) is 25.2 Å². The van der Waals surface area contributed by atoms with Gasteiger partial charge in [0.05, 0.1) is 0 Å². The number of Topliss-reactive ketones (excluding diaryl/α,β-unsaturated/α-hetero) is 2. The first-order valence-corrected chi connectivity index (χ1v) is 4.39. The number of hydrogen-bond acceptors (Lipinski definition) is 2. The van der Waals surface area contributed by atoms with Gasteiger partial charge in [0.2, 0.25) is 0 Å². The van der Waals surface area contributed by atoms with Crippen LogP contribution in [-0.4, -0.2) is 11.6 Å². The average molecular weight is 166 g/mol. The molecule has 0 aromatic rings. The van der Waals surface area contributed by atoms with E-state index in [4.69, 9.17) is 0 Å². The van der Waals surface area contributed by atoms with E-state index in [1.807, 2.05) is 0 Å². The van der Waals surface area contributed by atoms with E-state index in [-0.39, 0.29) is 17.5 Å². The lowest BCUT2D eigenvalue weighted by atomic mass is 9.95. The third-order valence-electron chi connectivity index (χ3n) is 2.33. The Morgan fingerprint density at radius 2 is 2.08 bits per heavy atom. The SMILES string of the molecule is C=CC[C@@H]1CCC(=O)CCC1=O. The van der Waals surface area contributed by atoms with Crippen LogP contribution >= 0.6 is 0 Å². The van der Waals surface area contributed by atoms with Gasteiger partial charge in [-0.25, -0.2) is 0 Å². The molecule has 66 valence electrons. The van der Waals surface area contributed by atoms with Gasteiger partial charge >= 0.3 is 0 Å². The van der Waals surface area contributed by atoms with E-state index in [0.717, 1.165) is 12.8 Å². The molecule has 1 fully saturated rings. The molecule has 0 radical (unpaired) electrons. The van der Waals surface area contributed by atoms with Crippen molar-refractivity contribution >= 4 is 11.6 Å². The molecule has 0 aliphatic heterocycles. The Morgan fingerprint density at radius 3 is 2.75 bits per heavy atom. The molecule has 1 atom stereocenters. The monoisotopic (exact) mass is 166 g/mol. The quantitative estimate of drug-likeness (QED) is 0.463. The van der Waals surface area contributed by atoms with Crippen LogP contribution in [0, 0.1) is 5.92 Å². The molecule has 1 aliphatic rings. The molecule has 0 unspecified atom stereocenters. The smallest absolute Gasteiger partial charge is 0.136 e. The zero-order valence-corrected chi connectivity index (χ0v) is 7.21. The summed E-state index contributed by atoms with van der Waals surface area (Å²) in [5.74, 6) is 0.532. The van der Waals surface area contributed by atoms with Gasteiger partial charge in [-0.1, -0.05) is 6.08 Å². The molecule has 2 heteroatoms. The second kappa shape index (κ2) is 4.19. The van der Waals surface area contributed by atoms with Crippen LogP contribution in [0.3, 0.4) is 0 Å². The van der Waals surface area contributed by atoms with E-state index in [2.05, 4.69) is 6.58 Å². The molecular formula is C10H14O2. The van der Waals surface area contributed by atoms with Gasteiger partial charge in [0.15, 0.2) is 0 Å². The normalized spacial score (nSPS) is 25.2. The molecule has 0 amide bonds. The predicted octanol–water partition coefficient (Wildman–Crippen LogP) is 1.89. The van der Waals surface area contributed by atoms with Gasteiger partial charge in [-0.2, -0.15) is 0 Å². The molecular weight excluding hydrogens is 152 g/mol. The van der Waals surface area contributed by atoms with Gasteiger partial charge in [0.25, 0.3) is 0 Å². The maximum absolute atomic E-state index is 11.3. The number of allylic oxidation sites excluding steroid dienone is 1. The van der Waals surface area contributed by atoms with Crippen LogP contribution in [0.2, 0.25) is 0 Å². The van der Waals surface area contributed by atoms with E-state index in [9.17, 15) is 9.59 Å². The first kappa shape index (κ1) is 9.17. The lowest BCUT2D eigenvalue weighted by Gasteiger charge is -2.07. The van der Waals surface area contributed by atoms with Crippen molar-refractivity contribution < 1.29 is 9.59 Å². The molecule has 0 N–H and O–H groups in total. The summed E-state index contributed by atoms with van der Waals surface area (Å²) < 4.78 is 0. The molecule has 0 saturated heterocycles. The van der Waals surface area contributed by atoms with Gasteiger partial charge in [0.1, 0.15) is 11.6 Å². The van der Waals surface area contributed by atoms with Crippen LogP contribution in [0.5, 0.6) is 0 Å². The summed E-state index contributed by atoms with van der Waals surface area (Å²) >= 11 is 0. The van der Waals surface area contributed by atoms with Crippen molar-refractivity contribution in [2.24, 2.45) is 5.92 Å². The standard InChI is InChI=1S/C10H14O2/c1-2-3-8-4-5-9(11)6-7-10(8)12/h2,8H,1,3-7H2/t8-/m1/s1. The largest absolute Gasteiger partial charge is 0.300 e. The number of carbonyl (C=O) groups is 2. The Morgan fingerprint density at radius 1 is 1.33 bits per heavy atom. The molecule has 0 heterocycles. The highest BCUT2D eigenvalue weighted by atomic mass is 16.1. The van der Waals surface area contributed by atoms with E-state index in [1.54, 1.807) is 6.08 Å².